The van der Waals surface area contributed by atoms with Gasteiger partial charge in [0.15, 0.2) is 0 Å². The summed E-state index contributed by atoms with van der Waals surface area (Å²) in [7, 11) is 3.97. The first-order valence-corrected chi connectivity index (χ1v) is 8.43. The Morgan fingerprint density at radius 1 is 0.885 bits per heavy atom. The van der Waals surface area contributed by atoms with Crippen molar-refractivity contribution >= 4 is 0 Å². The summed E-state index contributed by atoms with van der Waals surface area (Å²) in [5.41, 5.74) is 1.13. The highest BCUT2D eigenvalue weighted by Gasteiger charge is 2.15. The molecule has 6 nitrogen and oxygen atoms in total. The van der Waals surface area contributed by atoms with Crippen LogP contribution in [0.4, 0.5) is 0 Å². The molecule has 26 heavy (non-hydrogen) atoms. The molecule has 3 aromatic heterocycles. The predicted octanol–water partition coefficient (Wildman–Crippen LogP) is 1.89. The Morgan fingerprint density at radius 3 is 1.96 bits per heavy atom. The van der Waals surface area contributed by atoms with Crippen LogP contribution in [-0.2, 0) is 20.7 Å². The van der Waals surface area contributed by atoms with Gasteiger partial charge in [0.1, 0.15) is 37.1 Å². The molecule has 0 N–H and O–H groups in total. The molecule has 0 aliphatic carbocycles. The molecule has 0 unspecified atom stereocenters. The Bertz CT molecular complexity index is 961. The first-order valence-electron chi connectivity index (χ1n) is 8.43. The fraction of sp³-hybridized carbons (Fsp3) is 0.150. The number of nitrogens with zero attached hydrogens (tertiary/aromatic N) is 5. The van der Waals surface area contributed by atoms with Crippen LogP contribution >= 0.6 is 0 Å². The standard InChI is InChI=1S/C20H21N5O/c1-22-8-10-24(15-22)19-12-18(26-14-17-6-4-3-5-7-17)13-20(21-19)25-11-9-23(2)16-25/h3-13,15-16H,14H2,1-2H3/q+2. The van der Waals surface area contributed by atoms with E-state index in [0.717, 1.165) is 22.9 Å². The van der Waals surface area contributed by atoms with Gasteiger partial charge in [-0.15, -0.1) is 0 Å². The van der Waals surface area contributed by atoms with Crippen molar-refractivity contribution in [2.45, 2.75) is 6.61 Å². The van der Waals surface area contributed by atoms with Crippen molar-refractivity contribution in [1.82, 2.24) is 14.1 Å². The summed E-state index contributed by atoms with van der Waals surface area (Å²) in [5, 5.41) is 0. The third-order valence-corrected chi connectivity index (χ3v) is 4.09. The van der Waals surface area contributed by atoms with E-state index in [0.29, 0.717) is 6.61 Å². The predicted molar refractivity (Wildman–Crippen MR) is 96.0 cm³/mol. The molecule has 0 radical (unpaired) electrons. The van der Waals surface area contributed by atoms with Gasteiger partial charge in [0.25, 0.3) is 0 Å². The molecule has 0 saturated heterocycles. The minimum absolute atomic E-state index is 0.517. The first kappa shape index (κ1) is 16.1. The van der Waals surface area contributed by atoms with E-state index in [4.69, 9.17) is 9.72 Å². The zero-order chi connectivity index (χ0) is 17.9. The molecule has 0 bridgehead atoms. The van der Waals surface area contributed by atoms with Crippen molar-refractivity contribution < 1.29 is 13.9 Å². The maximum absolute atomic E-state index is 6.05. The highest BCUT2D eigenvalue weighted by atomic mass is 16.5. The van der Waals surface area contributed by atoms with Crippen LogP contribution in [0.5, 0.6) is 5.75 Å². The third kappa shape index (κ3) is 3.49. The molecule has 130 valence electrons. The number of aryl methyl sites for hydroxylation is 2. The van der Waals surface area contributed by atoms with E-state index in [2.05, 4.69) is 12.1 Å². The van der Waals surface area contributed by atoms with Crippen molar-refractivity contribution in [3.8, 4) is 17.4 Å². The lowest BCUT2D eigenvalue weighted by Gasteiger charge is -2.08. The minimum Gasteiger partial charge on any atom is -0.488 e. The van der Waals surface area contributed by atoms with E-state index in [1.807, 2.05) is 100 Å². The van der Waals surface area contributed by atoms with Crippen LogP contribution in [0, 0.1) is 0 Å². The Morgan fingerprint density at radius 2 is 1.46 bits per heavy atom. The highest BCUT2D eigenvalue weighted by molar-refractivity contribution is 5.41. The summed E-state index contributed by atoms with van der Waals surface area (Å²) >= 11 is 0. The second kappa shape index (κ2) is 6.84. The van der Waals surface area contributed by atoms with Gasteiger partial charge < -0.3 is 4.74 Å². The Balaban J connectivity index is 1.70. The van der Waals surface area contributed by atoms with Crippen LogP contribution in [0.3, 0.4) is 0 Å². The number of benzene rings is 1. The van der Waals surface area contributed by atoms with Crippen LogP contribution in [0.1, 0.15) is 5.56 Å². The maximum atomic E-state index is 6.05. The summed E-state index contributed by atoms with van der Waals surface area (Å²) in [6.07, 6.45) is 11.9. The van der Waals surface area contributed by atoms with E-state index in [-0.39, 0.29) is 0 Å². The summed E-state index contributed by atoms with van der Waals surface area (Å²) in [6.45, 7) is 0.517. The molecule has 3 heterocycles. The van der Waals surface area contributed by atoms with Crippen molar-refractivity contribution in [2.75, 3.05) is 0 Å². The molecule has 6 heteroatoms. The van der Waals surface area contributed by atoms with Crippen LogP contribution in [0.2, 0.25) is 0 Å². The number of rotatable bonds is 5. The monoisotopic (exact) mass is 347 g/mol. The molecule has 0 amide bonds. The van der Waals surface area contributed by atoms with Crippen molar-refractivity contribution in [3.05, 3.63) is 85.5 Å². The summed E-state index contributed by atoms with van der Waals surface area (Å²) < 4.78 is 14.0. The quantitative estimate of drug-likeness (QED) is 0.517. The fourth-order valence-corrected chi connectivity index (χ4v) is 2.74. The number of aromatic nitrogens is 5. The molecule has 0 aliphatic heterocycles. The SMILES string of the molecule is C[n+]1ccn(-c2cc(OCc3ccccc3)cc(-n3cc[n+](C)c3)n2)c1. The average molecular weight is 347 g/mol. The third-order valence-electron chi connectivity index (χ3n) is 4.09. The van der Waals surface area contributed by atoms with Gasteiger partial charge in [-0.3, -0.25) is 0 Å². The molecule has 0 spiro atoms. The molecule has 1 aromatic carbocycles. The first-order chi connectivity index (χ1) is 12.7. The fourth-order valence-electron chi connectivity index (χ4n) is 2.74. The lowest BCUT2D eigenvalue weighted by atomic mass is 10.2. The second-order valence-corrected chi connectivity index (χ2v) is 6.27. The van der Waals surface area contributed by atoms with Gasteiger partial charge in [0.05, 0.1) is 14.1 Å². The number of pyridine rings is 1. The van der Waals surface area contributed by atoms with E-state index in [1.165, 1.54) is 0 Å². The topological polar surface area (TPSA) is 39.7 Å². The van der Waals surface area contributed by atoms with Gasteiger partial charge in [-0.1, -0.05) is 30.3 Å². The maximum Gasteiger partial charge on any atom is 0.250 e. The van der Waals surface area contributed by atoms with E-state index in [1.54, 1.807) is 0 Å². The highest BCUT2D eigenvalue weighted by Crippen LogP contribution is 2.20. The van der Waals surface area contributed by atoms with Gasteiger partial charge in [-0.2, -0.15) is 14.1 Å². The zero-order valence-corrected chi connectivity index (χ0v) is 14.9. The smallest absolute Gasteiger partial charge is 0.250 e. The Labute approximate surface area is 152 Å². The minimum atomic E-state index is 0.517. The second-order valence-electron chi connectivity index (χ2n) is 6.27. The van der Waals surface area contributed by atoms with Crippen LogP contribution in [0.25, 0.3) is 11.6 Å². The number of imidazole rings is 2. The molecule has 0 saturated carbocycles. The zero-order valence-electron chi connectivity index (χ0n) is 14.9. The summed E-state index contributed by atoms with van der Waals surface area (Å²) in [5.74, 6) is 2.39. The van der Waals surface area contributed by atoms with Gasteiger partial charge >= 0.3 is 0 Å². The molecular formula is C20H21N5O+2. The van der Waals surface area contributed by atoms with Crippen molar-refractivity contribution in [3.63, 3.8) is 0 Å². The normalized spacial score (nSPS) is 10.8. The largest absolute Gasteiger partial charge is 0.488 e. The van der Waals surface area contributed by atoms with Gasteiger partial charge in [0.2, 0.25) is 24.3 Å². The van der Waals surface area contributed by atoms with Crippen molar-refractivity contribution in [2.24, 2.45) is 14.1 Å². The van der Waals surface area contributed by atoms with E-state index >= 15 is 0 Å². The molecule has 0 atom stereocenters. The van der Waals surface area contributed by atoms with E-state index in [9.17, 15) is 0 Å². The van der Waals surface area contributed by atoms with E-state index < -0.39 is 0 Å². The molecule has 4 aromatic rings. The van der Waals surface area contributed by atoms with Crippen LogP contribution in [-0.4, -0.2) is 14.1 Å². The summed E-state index contributed by atoms with van der Waals surface area (Å²) in [4.78, 5) is 4.77. The van der Waals surface area contributed by atoms with Crippen molar-refractivity contribution in [1.29, 1.82) is 0 Å². The number of hydrogen-bond acceptors (Lipinski definition) is 2. The van der Waals surface area contributed by atoms with Crippen LogP contribution < -0.4 is 13.9 Å². The number of ether oxygens (including phenoxy) is 1. The molecule has 0 fully saturated rings. The Hall–Kier alpha value is -3.41. The van der Waals surface area contributed by atoms with Gasteiger partial charge in [-0.05, 0) is 5.56 Å². The lowest BCUT2D eigenvalue weighted by molar-refractivity contribution is -0.670. The van der Waals surface area contributed by atoms with Gasteiger partial charge in [0, 0.05) is 12.1 Å². The Kier molecular flexibility index (Phi) is 4.23. The lowest BCUT2D eigenvalue weighted by Crippen LogP contribution is -2.24. The summed E-state index contributed by atoms with van der Waals surface area (Å²) in [6, 6.07) is 14.1. The number of hydrogen-bond donors (Lipinski definition) is 0. The van der Waals surface area contributed by atoms with Gasteiger partial charge in [-0.25, -0.2) is 9.13 Å². The average Bonchev–Trinajstić information content (AvgIpc) is 3.29. The van der Waals surface area contributed by atoms with Crippen LogP contribution in [0.15, 0.2) is 79.9 Å². The molecule has 4 rings (SSSR count). The molecular weight excluding hydrogens is 326 g/mol. The molecule has 0 aliphatic rings.